The number of allylic oxidation sites excluding steroid dienone is 2. The molecule has 3 aromatic carbocycles. The minimum Gasteiger partial charge on any atom is -0.299 e. The van der Waals surface area contributed by atoms with Gasteiger partial charge in [0.1, 0.15) is 12.8 Å². The fourth-order valence-electron chi connectivity index (χ4n) is 6.53. The Morgan fingerprint density at radius 2 is 1.78 bits per heavy atom. The Hall–Kier alpha value is -3.26. The van der Waals surface area contributed by atoms with E-state index in [1.54, 1.807) is 0 Å². The maximum atomic E-state index is 12.8. The molecule has 1 atom stereocenters. The topological polar surface area (TPSA) is 20.1 Å². The van der Waals surface area contributed by atoms with Crippen LogP contribution in [-0.2, 0) is 16.6 Å². The van der Waals surface area contributed by atoms with E-state index < -0.39 is 0 Å². The molecule has 1 heterocycles. The molecule has 0 saturated heterocycles. The van der Waals surface area contributed by atoms with Crippen LogP contribution in [0.15, 0.2) is 79.4 Å². The third-order valence-electron chi connectivity index (χ3n) is 8.47. The van der Waals surface area contributed by atoms with Crippen molar-refractivity contribution in [2.45, 2.75) is 63.7 Å². The number of ketones is 1. The molecule has 3 aromatic rings. The number of carbonyl (C=O) groups is 1. The highest BCUT2D eigenvalue weighted by molar-refractivity contribution is 6.09. The average molecular weight is 477 g/mol. The third kappa shape index (κ3) is 4.62. The van der Waals surface area contributed by atoms with Crippen LogP contribution in [0.4, 0.5) is 5.69 Å². The van der Waals surface area contributed by atoms with Gasteiger partial charge in [-0.25, -0.2) is 0 Å². The minimum absolute atomic E-state index is 0.171. The summed E-state index contributed by atoms with van der Waals surface area (Å²) in [6.07, 6.45) is 14.9. The predicted octanol–water partition coefficient (Wildman–Crippen LogP) is 8.20. The smallest absolute Gasteiger partial charge is 0.210 e. The van der Waals surface area contributed by atoms with Gasteiger partial charge in [-0.3, -0.25) is 4.79 Å². The maximum absolute atomic E-state index is 12.8. The van der Waals surface area contributed by atoms with Gasteiger partial charge < -0.3 is 0 Å². The van der Waals surface area contributed by atoms with E-state index in [1.807, 2.05) is 6.08 Å². The van der Waals surface area contributed by atoms with Crippen molar-refractivity contribution in [3.05, 3.63) is 96.1 Å². The summed E-state index contributed by atoms with van der Waals surface area (Å²) >= 11 is 0. The van der Waals surface area contributed by atoms with Crippen molar-refractivity contribution < 1.29 is 9.37 Å². The molecule has 2 nitrogen and oxygen atoms in total. The van der Waals surface area contributed by atoms with Gasteiger partial charge in [0.25, 0.3) is 0 Å². The summed E-state index contributed by atoms with van der Waals surface area (Å²) in [6.45, 7) is 6.43. The second-order valence-corrected chi connectivity index (χ2v) is 10.9. The summed E-state index contributed by atoms with van der Waals surface area (Å²) in [7, 11) is 2.17. The van der Waals surface area contributed by atoms with Gasteiger partial charge in [-0.2, -0.15) is 4.58 Å². The van der Waals surface area contributed by atoms with Crippen molar-refractivity contribution in [2.75, 3.05) is 7.05 Å². The van der Waals surface area contributed by atoms with Crippen molar-refractivity contribution in [1.82, 2.24) is 0 Å². The molecule has 0 aromatic heterocycles. The average Bonchev–Trinajstić information content (AvgIpc) is 3.48. The third-order valence-corrected chi connectivity index (χ3v) is 8.47. The van der Waals surface area contributed by atoms with Crippen LogP contribution in [0.1, 0.15) is 68.6 Å². The zero-order valence-electron chi connectivity index (χ0n) is 21.8. The van der Waals surface area contributed by atoms with Gasteiger partial charge in [0.15, 0.2) is 5.71 Å². The first-order chi connectivity index (χ1) is 17.5. The second-order valence-electron chi connectivity index (χ2n) is 10.9. The number of rotatable bonds is 9. The SMILES string of the molecule is C=CCC1(C)C(/C=C/c2ccccc2CC(=O)CCC2CCCC2)=[N+](C)c2ccc3ccccc3c21. The first kappa shape index (κ1) is 24.4. The van der Waals surface area contributed by atoms with Gasteiger partial charge in [-0.05, 0) is 59.7 Å². The number of Topliss-reactive ketones (excluding diaryl/α,β-unsaturated/α-hetero) is 1. The molecule has 0 amide bonds. The Kier molecular flexibility index (Phi) is 7.05. The molecule has 0 spiro atoms. The molecule has 1 fully saturated rings. The van der Waals surface area contributed by atoms with Crippen molar-refractivity contribution in [3.63, 3.8) is 0 Å². The van der Waals surface area contributed by atoms with Crippen LogP contribution in [0.2, 0.25) is 0 Å². The lowest BCUT2D eigenvalue weighted by atomic mass is 9.74. The van der Waals surface area contributed by atoms with Crippen molar-refractivity contribution >= 4 is 34.0 Å². The molecule has 1 aliphatic heterocycles. The van der Waals surface area contributed by atoms with E-state index in [9.17, 15) is 4.79 Å². The van der Waals surface area contributed by atoms with Crippen molar-refractivity contribution in [2.24, 2.45) is 5.92 Å². The van der Waals surface area contributed by atoms with Gasteiger partial charge in [0.2, 0.25) is 5.69 Å². The van der Waals surface area contributed by atoms with Crippen molar-refractivity contribution in [3.8, 4) is 0 Å². The number of hydrogen-bond donors (Lipinski definition) is 0. The molecule has 0 bridgehead atoms. The lowest BCUT2D eigenvalue weighted by Crippen LogP contribution is -2.30. The minimum atomic E-state index is -0.171. The van der Waals surface area contributed by atoms with Crippen LogP contribution in [0.25, 0.3) is 16.8 Å². The summed E-state index contributed by atoms with van der Waals surface area (Å²) in [6, 6.07) is 21.5. The fourth-order valence-corrected chi connectivity index (χ4v) is 6.53. The lowest BCUT2D eigenvalue weighted by Gasteiger charge is -2.22. The Morgan fingerprint density at radius 1 is 1.03 bits per heavy atom. The molecule has 2 heteroatoms. The Labute approximate surface area is 216 Å². The Bertz CT molecular complexity index is 1350. The molecule has 1 aliphatic carbocycles. The van der Waals surface area contributed by atoms with E-state index in [-0.39, 0.29) is 5.41 Å². The highest BCUT2D eigenvalue weighted by Gasteiger charge is 2.46. The molecule has 0 N–H and O–H groups in total. The first-order valence-electron chi connectivity index (χ1n) is 13.5. The van der Waals surface area contributed by atoms with Crippen LogP contribution in [0.3, 0.4) is 0 Å². The molecular weight excluding hydrogens is 438 g/mol. The maximum Gasteiger partial charge on any atom is 0.210 e. The highest BCUT2D eigenvalue weighted by atomic mass is 16.1. The van der Waals surface area contributed by atoms with E-state index in [0.717, 1.165) is 29.9 Å². The molecule has 1 saturated carbocycles. The van der Waals surface area contributed by atoms with Gasteiger partial charge in [0, 0.05) is 30.5 Å². The standard InChI is InChI=1S/C34H38NO/c1-4-23-34(2)32(35(3)31-21-18-27-14-9-10-16-30(27)33(31)34)22-19-26-13-7-8-15-28(26)24-29(36)20-17-25-11-5-6-12-25/h4,7-10,13-16,18-19,21-22,25H,1,5-6,11-12,17,20,23-24H2,2-3H3/q+1/b22-19+. The zero-order valence-corrected chi connectivity index (χ0v) is 21.8. The number of nitrogens with zero attached hydrogens (tertiary/aromatic N) is 1. The monoisotopic (exact) mass is 476 g/mol. The summed E-state index contributed by atoms with van der Waals surface area (Å²) in [4.78, 5) is 12.8. The molecule has 36 heavy (non-hydrogen) atoms. The molecule has 0 radical (unpaired) electrons. The van der Waals surface area contributed by atoms with Crippen LogP contribution in [0, 0.1) is 5.92 Å². The second kappa shape index (κ2) is 10.4. The van der Waals surface area contributed by atoms with Gasteiger partial charge in [0.05, 0.1) is 5.41 Å². The summed E-state index contributed by atoms with van der Waals surface area (Å²) in [5, 5.41) is 2.58. The van der Waals surface area contributed by atoms with Gasteiger partial charge in [-0.15, -0.1) is 6.58 Å². The predicted molar refractivity (Wildman–Crippen MR) is 152 cm³/mol. The summed E-state index contributed by atoms with van der Waals surface area (Å²) in [5.41, 5.74) is 5.98. The highest BCUT2D eigenvalue weighted by Crippen LogP contribution is 2.46. The molecule has 184 valence electrons. The molecule has 5 rings (SSSR count). The number of carbonyl (C=O) groups excluding carboxylic acids is 1. The van der Waals surface area contributed by atoms with E-state index in [4.69, 9.17) is 0 Å². The zero-order chi connectivity index (χ0) is 25.1. The van der Waals surface area contributed by atoms with Crippen LogP contribution < -0.4 is 0 Å². The van der Waals surface area contributed by atoms with E-state index in [1.165, 1.54) is 53.4 Å². The van der Waals surface area contributed by atoms with Gasteiger partial charge in [-0.1, -0.05) is 80.3 Å². The summed E-state index contributed by atoms with van der Waals surface area (Å²) in [5.74, 6) is 1.13. The van der Waals surface area contributed by atoms with E-state index >= 15 is 0 Å². The Morgan fingerprint density at radius 3 is 2.58 bits per heavy atom. The fraction of sp³-hybridized carbons (Fsp3) is 0.353. The Balaban J connectivity index is 1.43. The number of benzene rings is 3. The lowest BCUT2D eigenvalue weighted by molar-refractivity contribution is -0.401. The van der Waals surface area contributed by atoms with E-state index in [0.29, 0.717) is 18.6 Å². The quantitative estimate of drug-likeness (QED) is 0.225. The summed E-state index contributed by atoms with van der Waals surface area (Å²) < 4.78 is 2.33. The molecule has 2 aliphatic rings. The van der Waals surface area contributed by atoms with Crippen LogP contribution in [-0.4, -0.2) is 23.1 Å². The van der Waals surface area contributed by atoms with E-state index in [2.05, 4.69) is 97.9 Å². The normalized spacial score (nSPS) is 19.9. The van der Waals surface area contributed by atoms with Gasteiger partial charge >= 0.3 is 0 Å². The number of hydrogen-bond acceptors (Lipinski definition) is 1. The van der Waals surface area contributed by atoms with Crippen LogP contribution >= 0.6 is 0 Å². The molecular formula is C34H38NO+. The first-order valence-corrected chi connectivity index (χ1v) is 13.5. The molecule has 1 unspecified atom stereocenters. The number of fused-ring (bicyclic) bond motifs is 3. The largest absolute Gasteiger partial charge is 0.299 e. The van der Waals surface area contributed by atoms with Crippen molar-refractivity contribution in [1.29, 1.82) is 0 Å². The van der Waals surface area contributed by atoms with Crippen LogP contribution in [0.5, 0.6) is 0 Å².